The fraction of sp³-hybridized carbons (Fsp3) is 0.500. The van der Waals surface area contributed by atoms with Crippen LogP contribution in [0.3, 0.4) is 0 Å². The molecule has 0 spiro atoms. The Morgan fingerprint density at radius 1 is 1.29 bits per heavy atom. The van der Waals surface area contributed by atoms with Gasteiger partial charge in [0.15, 0.2) is 0 Å². The monoisotopic (exact) mass is 235 g/mol. The summed E-state index contributed by atoms with van der Waals surface area (Å²) in [4.78, 5) is 11.1. The van der Waals surface area contributed by atoms with Crippen LogP contribution in [0.2, 0.25) is 0 Å². The second kappa shape index (κ2) is 7.85. The van der Waals surface area contributed by atoms with Gasteiger partial charge in [-0.3, -0.25) is 4.79 Å². The Hall–Kier alpha value is -1.35. The van der Waals surface area contributed by atoms with Gasteiger partial charge in [0.1, 0.15) is 0 Å². The van der Waals surface area contributed by atoms with Crippen molar-refractivity contribution in [2.24, 2.45) is 11.7 Å². The molecule has 0 aliphatic heterocycles. The van der Waals surface area contributed by atoms with Crippen molar-refractivity contribution in [1.82, 2.24) is 0 Å². The molecular weight excluding hydrogens is 214 g/mol. The van der Waals surface area contributed by atoms with Crippen molar-refractivity contribution in [2.75, 3.05) is 13.7 Å². The molecule has 1 rings (SSSR count). The molecule has 0 aliphatic rings. The topological polar surface area (TPSA) is 52.3 Å². The maximum atomic E-state index is 11.1. The SMILES string of the molecule is COC(=O)CC[C@H](CCN)Cc1ccccc1. The molecule has 0 amide bonds. The Morgan fingerprint density at radius 2 is 2.00 bits per heavy atom. The van der Waals surface area contributed by atoms with Crippen molar-refractivity contribution in [3.63, 3.8) is 0 Å². The summed E-state index contributed by atoms with van der Waals surface area (Å²) in [6.45, 7) is 0.665. The van der Waals surface area contributed by atoms with Crippen LogP contribution in [-0.2, 0) is 16.0 Å². The van der Waals surface area contributed by atoms with Crippen LogP contribution < -0.4 is 5.73 Å². The van der Waals surface area contributed by atoms with Crippen LogP contribution >= 0.6 is 0 Å². The van der Waals surface area contributed by atoms with Crippen molar-refractivity contribution in [3.05, 3.63) is 35.9 Å². The summed E-state index contributed by atoms with van der Waals surface area (Å²) in [6, 6.07) is 10.3. The number of nitrogens with two attached hydrogens (primary N) is 1. The normalized spacial score (nSPS) is 12.1. The number of carbonyl (C=O) groups excluding carboxylic acids is 1. The lowest BCUT2D eigenvalue weighted by Gasteiger charge is -2.15. The summed E-state index contributed by atoms with van der Waals surface area (Å²) in [6.07, 6.45) is 3.26. The maximum Gasteiger partial charge on any atom is 0.305 e. The van der Waals surface area contributed by atoms with Crippen LogP contribution in [0.5, 0.6) is 0 Å². The van der Waals surface area contributed by atoms with Gasteiger partial charge in [0.2, 0.25) is 0 Å². The van der Waals surface area contributed by atoms with Gasteiger partial charge in [0.25, 0.3) is 0 Å². The third-order valence-corrected chi connectivity index (χ3v) is 2.93. The Labute approximate surface area is 103 Å². The summed E-state index contributed by atoms with van der Waals surface area (Å²) in [5.74, 6) is 0.321. The van der Waals surface area contributed by atoms with E-state index in [9.17, 15) is 4.79 Å². The number of rotatable bonds is 7. The molecule has 3 nitrogen and oxygen atoms in total. The van der Waals surface area contributed by atoms with E-state index in [2.05, 4.69) is 16.9 Å². The molecule has 3 heteroatoms. The first kappa shape index (κ1) is 13.7. The van der Waals surface area contributed by atoms with Crippen LogP contribution in [0.15, 0.2) is 30.3 Å². The third kappa shape index (κ3) is 5.50. The van der Waals surface area contributed by atoms with Crippen LogP contribution in [-0.4, -0.2) is 19.6 Å². The molecule has 2 N–H and O–H groups in total. The van der Waals surface area contributed by atoms with Crippen LogP contribution in [0.25, 0.3) is 0 Å². The molecule has 1 aromatic rings. The summed E-state index contributed by atoms with van der Waals surface area (Å²) in [5, 5.41) is 0. The fourth-order valence-corrected chi connectivity index (χ4v) is 1.96. The van der Waals surface area contributed by atoms with Gasteiger partial charge < -0.3 is 10.5 Å². The van der Waals surface area contributed by atoms with Gasteiger partial charge in [0.05, 0.1) is 7.11 Å². The second-order valence-corrected chi connectivity index (χ2v) is 4.25. The van der Waals surface area contributed by atoms with Crippen LogP contribution in [0.1, 0.15) is 24.8 Å². The van der Waals surface area contributed by atoms with E-state index in [1.807, 2.05) is 18.2 Å². The Bertz CT molecular complexity index is 324. The van der Waals surface area contributed by atoms with Crippen molar-refractivity contribution >= 4 is 5.97 Å². The molecule has 0 bridgehead atoms. The number of ether oxygens (including phenoxy) is 1. The molecule has 0 radical (unpaired) electrons. The van der Waals surface area contributed by atoms with Crippen molar-refractivity contribution in [1.29, 1.82) is 0 Å². The van der Waals surface area contributed by atoms with E-state index in [0.717, 1.165) is 19.3 Å². The Kier molecular flexibility index (Phi) is 6.33. The molecular formula is C14H21NO2. The minimum Gasteiger partial charge on any atom is -0.469 e. The standard InChI is InChI=1S/C14H21NO2/c1-17-14(16)8-7-13(9-10-15)11-12-5-3-2-4-6-12/h2-6,13H,7-11,15H2,1H3/t13-/m1/s1. The molecule has 0 saturated heterocycles. The number of esters is 1. The molecule has 0 saturated carbocycles. The number of hydrogen-bond donors (Lipinski definition) is 1. The van der Waals surface area contributed by atoms with Gasteiger partial charge in [-0.2, -0.15) is 0 Å². The molecule has 0 unspecified atom stereocenters. The van der Waals surface area contributed by atoms with Gasteiger partial charge in [-0.15, -0.1) is 0 Å². The molecule has 0 heterocycles. The smallest absolute Gasteiger partial charge is 0.305 e. The van der Waals surface area contributed by atoms with E-state index in [-0.39, 0.29) is 5.97 Å². The maximum absolute atomic E-state index is 11.1. The van der Waals surface area contributed by atoms with Gasteiger partial charge >= 0.3 is 5.97 Å². The number of benzene rings is 1. The van der Waals surface area contributed by atoms with Gasteiger partial charge in [-0.1, -0.05) is 30.3 Å². The molecule has 94 valence electrons. The highest BCUT2D eigenvalue weighted by Crippen LogP contribution is 2.17. The highest BCUT2D eigenvalue weighted by molar-refractivity contribution is 5.69. The lowest BCUT2D eigenvalue weighted by Crippen LogP contribution is -2.13. The van der Waals surface area contributed by atoms with Crippen molar-refractivity contribution < 1.29 is 9.53 Å². The summed E-state index contributed by atoms with van der Waals surface area (Å²) in [7, 11) is 1.43. The molecule has 17 heavy (non-hydrogen) atoms. The molecule has 1 atom stereocenters. The van der Waals surface area contributed by atoms with Crippen molar-refractivity contribution in [3.8, 4) is 0 Å². The van der Waals surface area contributed by atoms with E-state index in [4.69, 9.17) is 5.73 Å². The Morgan fingerprint density at radius 3 is 2.59 bits per heavy atom. The van der Waals surface area contributed by atoms with E-state index < -0.39 is 0 Å². The van der Waals surface area contributed by atoms with E-state index in [0.29, 0.717) is 18.9 Å². The molecule has 0 aliphatic carbocycles. The zero-order valence-corrected chi connectivity index (χ0v) is 10.4. The quantitative estimate of drug-likeness (QED) is 0.737. The minimum atomic E-state index is -0.139. The largest absolute Gasteiger partial charge is 0.469 e. The van der Waals surface area contributed by atoms with Crippen molar-refractivity contribution in [2.45, 2.75) is 25.7 Å². The summed E-state index contributed by atoms with van der Waals surface area (Å²) < 4.78 is 4.66. The number of hydrogen-bond acceptors (Lipinski definition) is 3. The number of carbonyl (C=O) groups is 1. The lowest BCUT2D eigenvalue weighted by molar-refractivity contribution is -0.140. The van der Waals surface area contributed by atoms with E-state index >= 15 is 0 Å². The fourth-order valence-electron chi connectivity index (χ4n) is 1.96. The first-order valence-corrected chi connectivity index (χ1v) is 6.07. The van der Waals surface area contributed by atoms with Crippen LogP contribution in [0.4, 0.5) is 0 Å². The molecule has 0 fully saturated rings. The predicted octanol–water partition coefficient (Wildman–Crippen LogP) is 2.15. The Balaban J connectivity index is 2.45. The average Bonchev–Trinajstić information content (AvgIpc) is 2.37. The summed E-state index contributed by atoms with van der Waals surface area (Å²) in [5.41, 5.74) is 6.91. The highest BCUT2D eigenvalue weighted by Gasteiger charge is 2.11. The minimum absolute atomic E-state index is 0.139. The van der Waals surface area contributed by atoms with Gasteiger partial charge in [-0.25, -0.2) is 0 Å². The predicted molar refractivity (Wildman–Crippen MR) is 68.6 cm³/mol. The van der Waals surface area contributed by atoms with Gasteiger partial charge in [0, 0.05) is 6.42 Å². The van der Waals surface area contributed by atoms with E-state index in [1.54, 1.807) is 0 Å². The molecule has 1 aromatic carbocycles. The van der Waals surface area contributed by atoms with E-state index in [1.165, 1.54) is 12.7 Å². The highest BCUT2D eigenvalue weighted by atomic mass is 16.5. The first-order chi connectivity index (χ1) is 8.26. The molecule has 0 aromatic heterocycles. The zero-order chi connectivity index (χ0) is 12.5. The second-order valence-electron chi connectivity index (χ2n) is 4.25. The van der Waals surface area contributed by atoms with Gasteiger partial charge in [-0.05, 0) is 37.3 Å². The zero-order valence-electron chi connectivity index (χ0n) is 10.4. The average molecular weight is 235 g/mol. The summed E-state index contributed by atoms with van der Waals surface area (Å²) >= 11 is 0. The third-order valence-electron chi connectivity index (χ3n) is 2.93. The lowest BCUT2D eigenvalue weighted by atomic mass is 9.92. The number of methoxy groups -OCH3 is 1. The van der Waals surface area contributed by atoms with Crippen LogP contribution in [0, 0.1) is 5.92 Å². The first-order valence-electron chi connectivity index (χ1n) is 6.07.